The number of imide groups is 1. The van der Waals surface area contributed by atoms with Gasteiger partial charge in [0.25, 0.3) is 11.8 Å². The van der Waals surface area contributed by atoms with Crippen molar-refractivity contribution in [3.05, 3.63) is 71.8 Å². The first-order valence-corrected chi connectivity index (χ1v) is 12.2. The van der Waals surface area contributed by atoms with Crippen LogP contribution in [0.3, 0.4) is 0 Å². The third kappa shape index (κ3) is 5.82. The van der Waals surface area contributed by atoms with E-state index in [1.165, 1.54) is 41.8 Å². The van der Waals surface area contributed by atoms with Crippen LogP contribution in [-0.4, -0.2) is 54.9 Å². The van der Waals surface area contributed by atoms with Gasteiger partial charge in [-0.3, -0.25) is 14.4 Å². The van der Waals surface area contributed by atoms with Crippen LogP contribution >= 0.6 is 0 Å². The van der Waals surface area contributed by atoms with E-state index >= 15 is 0 Å². The van der Waals surface area contributed by atoms with Gasteiger partial charge in [0, 0.05) is 6.54 Å². The molecule has 0 N–H and O–H groups in total. The molecule has 36 heavy (non-hydrogen) atoms. The predicted molar refractivity (Wildman–Crippen MR) is 133 cm³/mol. The van der Waals surface area contributed by atoms with Crippen molar-refractivity contribution in [2.75, 3.05) is 25.2 Å². The number of amides is 3. The van der Waals surface area contributed by atoms with Gasteiger partial charge in [0.1, 0.15) is 11.8 Å². The second-order valence-corrected chi connectivity index (χ2v) is 8.87. The molecule has 8 nitrogen and oxygen atoms in total. The largest absolute Gasteiger partial charge is 0.484 e. The first kappa shape index (κ1) is 25.2. The number of methoxy groups -OCH3 is 1. The van der Waals surface area contributed by atoms with Crippen molar-refractivity contribution in [1.29, 1.82) is 0 Å². The summed E-state index contributed by atoms with van der Waals surface area (Å²) in [5.41, 5.74) is 1.94. The number of nitrogens with zero attached hydrogens (tertiary/aromatic N) is 2. The highest BCUT2D eigenvalue weighted by molar-refractivity contribution is 6.23. The standard InChI is InChI=1S/C28H30N2O6/c1-35-28(34)21-12-14-22(15-13-21)30-25(31)18-24(27(30)33)29(17-16-20-8-4-2-5-9-20)26(32)19-36-23-10-6-3-7-11-23/h3,6-8,10-15,24H,2,4-5,9,16-19H2,1H3. The molecule has 2 aromatic rings. The summed E-state index contributed by atoms with van der Waals surface area (Å²) < 4.78 is 10.4. The molecule has 0 saturated carbocycles. The van der Waals surface area contributed by atoms with Crippen molar-refractivity contribution < 1.29 is 28.7 Å². The van der Waals surface area contributed by atoms with Gasteiger partial charge >= 0.3 is 5.97 Å². The quantitative estimate of drug-likeness (QED) is 0.301. The normalized spacial score (nSPS) is 17.5. The summed E-state index contributed by atoms with van der Waals surface area (Å²) in [6, 6.07) is 14.2. The van der Waals surface area contributed by atoms with Crippen LogP contribution in [0.15, 0.2) is 66.2 Å². The predicted octanol–water partition coefficient (Wildman–Crippen LogP) is 3.90. The molecule has 0 aromatic heterocycles. The number of esters is 1. The molecule has 0 radical (unpaired) electrons. The number of carbonyl (C=O) groups is 4. The monoisotopic (exact) mass is 490 g/mol. The SMILES string of the molecule is COC(=O)c1ccc(N2C(=O)CC(N(CCC3=CCCCC3)C(=O)COc3ccccc3)C2=O)cc1. The van der Waals surface area contributed by atoms with E-state index in [9.17, 15) is 19.2 Å². The van der Waals surface area contributed by atoms with Crippen molar-refractivity contribution in [2.24, 2.45) is 0 Å². The average molecular weight is 491 g/mol. The topological polar surface area (TPSA) is 93.2 Å². The number of rotatable bonds is 9. The van der Waals surface area contributed by atoms with Crippen molar-refractivity contribution in [3.63, 3.8) is 0 Å². The Morgan fingerprint density at radius 3 is 2.44 bits per heavy atom. The number of carbonyl (C=O) groups excluding carboxylic acids is 4. The van der Waals surface area contributed by atoms with Gasteiger partial charge in [-0.15, -0.1) is 0 Å². The molecule has 8 heteroatoms. The van der Waals surface area contributed by atoms with Crippen molar-refractivity contribution in [3.8, 4) is 5.75 Å². The molecule has 1 atom stereocenters. The Balaban J connectivity index is 1.51. The average Bonchev–Trinajstić information content (AvgIpc) is 3.21. The van der Waals surface area contributed by atoms with E-state index in [2.05, 4.69) is 6.08 Å². The van der Waals surface area contributed by atoms with Crippen LogP contribution in [0.2, 0.25) is 0 Å². The second kappa shape index (κ2) is 11.7. The van der Waals surface area contributed by atoms with Crippen LogP contribution in [0.4, 0.5) is 5.69 Å². The highest BCUT2D eigenvalue weighted by Gasteiger charge is 2.44. The van der Waals surface area contributed by atoms with E-state index in [0.29, 0.717) is 30.0 Å². The smallest absolute Gasteiger partial charge is 0.337 e. The minimum absolute atomic E-state index is 0.103. The van der Waals surface area contributed by atoms with Gasteiger partial charge in [0.2, 0.25) is 5.91 Å². The Kier molecular flexibility index (Phi) is 8.15. The van der Waals surface area contributed by atoms with Crippen LogP contribution in [-0.2, 0) is 19.1 Å². The number of anilines is 1. The van der Waals surface area contributed by atoms with Crippen molar-refractivity contribution in [1.82, 2.24) is 4.90 Å². The molecule has 2 aromatic carbocycles. The molecule has 4 rings (SSSR count). The Bertz CT molecular complexity index is 1140. The zero-order chi connectivity index (χ0) is 25.5. The molecule has 188 valence electrons. The molecule has 1 saturated heterocycles. The summed E-state index contributed by atoms with van der Waals surface area (Å²) in [5.74, 6) is -1.15. The maximum absolute atomic E-state index is 13.4. The third-order valence-electron chi connectivity index (χ3n) is 6.53. The van der Waals surface area contributed by atoms with Gasteiger partial charge in [-0.1, -0.05) is 29.8 Å². The molecule has 3 amide bonds. The molecule has 1 aliphatic carbocycles. The lowest BCUT2D eigenvalue weighted by molar-refractivity contribution is -0.140. The lowest BCUT2D eigenvalue weighted by atomic mass is 9.97. The minimum Gasteiger partial charge on any atom is -0.484 e. The highest BCUT2D eigenvalue weighted by atomic mass is 16.5. The Labute approximate surface area is 210 Å². The van der Waals surface area contributed by atoms with E-state index in [4.69, 9.17) is 9.47 Å². The second-order valence-electron chi connectivity index (χ2n) is 8.87. The van der Waals surface area contributed by atoms with Crippen LogP contribution < -0.4 is 9.64 Å². The van der Waals surface area contributed by atoms with E-state index in [1.54, 1.807) is 12.1 Å². The van der Waals surface area contributed by atoms with Crippen molar-refractivity contribution in [2.45, 2.75) is 44.6 Å². The molecule has 1 unspecified atom stereocenters. The van der Waals surface area contributed by atoms with Gasteiger partial charge in [-0.05, 0) is 68.5 Å². The molecule has 0 spiro atoms. The van der Waals surface area contributed by atoms with E-state index in [1.807, 2.05) is 18.2 Å². The van der Waals surface area contributed by atoms with Gasteiger partial charge in [-0.2, -0.15) is 0 Å². The molecule has 0 bridgehead atoms. The minimum atomic E-state index is -0.908. The van der Waals surface area contributed by atoms with Crippen LogP contribution in [0.1, 0.15) is 48.9 Å². The van der Waals surface area contributed by atoms with Gasteiger partial charge in [0.15, 0.2) is 6.61 Å². The van der Waals surface area contributed by atoms with Crippen LogP contribution in [0.5, 0.6) is 5.75 Å². The number of benzene rings is 2. The lowest BCUT2D eigenvalue weighted by Gasteiger charge is -2.28. The summed E-state index contributed by atoms with van der Waals surface area (Å²) in [6.07, 6.45) is 7.05. The fourth-order valence-electron chi connectivity index (χ4n) is 4.59. The molecule has 1 heterocycles. The molecule has 1 aliphatic heterocycles. The number of hydrogen-bond acceptors (Lipinski definition) is 6. The van der Waals surface area contributed by atoms with E-state index in [0.717, 1.165) is 30.6 Å². The Morgan fingerprint density at radius 2 is 1.78 bits per heavy atom. The first-order valence-electron chi connectivity index (χ1n) is 12.2. The third-order valence-corrected chi connectivity index (χ3v) is 6.53. The highest BCUT2D eigenvalue weighted by Crippen LogP contribution is 2.28. The number of ether oxygens (including phenoxy) is 2. The fourth-order valence-corrected chi connectivity index (χ4v) is 4.59. The maximum Gasteiger partial charge on any atom is 0.337 e. The van der Waals surface area contributed by atoms with Gasteiger partial charge in [0.05, 0.1) is 24.8 Å². The summed E-state index contributed by atoms with van der Waals surface area (Å²) >= 11 is 0. The van der Waals surface area contributed by atoms with Gasteiger partial charge < -0.3 is 14.4 Å². The molecular weight excluding hydrogens is 460 g/mol. The molecular formula is C28H30N2O6. The summed E-state index contributed by atoms with van der Waals surface area (Å²) in [6.45, 7) is 0.108. The summed E-state index contributed by atoms with van der Waals surface area (Å²) in [7, 11) is 1.28. The molecule has 1 fully saturated rings. The number of allylic oxidation sites excluding steroid dienone is 1. The van der Waals surface area contributed by atoms with E-state index in [-0.39, 0.29) is 18.9 Å². The van der Waals surface area contributed by atoms with Crippen LogP contribution in [0, 0.1) is 0 Å². The zero-order valence-electron chi connectivity index (χ0n) is 20.4. The lowest BCUT2D eigenvalue weighted by Crippen LogP contribution is -2.47. The zero-order valence-corrected chi connectivity index (χ0v) is 20.4. The molecule has 2 aliphatic rings. The summed E-state index contributed by atoms with van der Waals surface area (Å²) in [4.78, 5) is 53.9. The first-order chi connectivity index (χ1) is 17.5. The fraction of sp³-hybridized carbons (Fsp3) is 0.357. The van der Waals surface area contributed by atoms with Crippen molar-refractivity contribution >= 4 is 29.4 Å². The summed E-state index contributed by atoms with van der Waals surface area (Å²) in [5, 5.41) is 0. The Morgan fingerprint density at radius 1 is 1.03 bits per heavy atom. The van der Waals surface area contributed by atoms with E-state index < -0.39 is 23.8 Å². The number of hydrogen-bond donors (Lipinski definition) is 0. The number of para-hydroxylation sites is 1. The van der Waals surface area contributed by atoms with Crippen LogP contribution in [0.25, 0.3) is 0 Å². The van der Waals surface area contributed by atoms with Gasteiger partial charge in [-0.25, -0.2) is 9.69 Å². The maximum atomic E-state index is 13.4. The Hall–Kier alpha value is -3.94.